The number of alkyl carbamates (subject to hydrolysis) is 1. The second kappa shape index (κ2) is 6.75. The molecule has 1 fully saturated rings. The molecule has 1 aliphatic rings. The van der Waals surface area contributed by atoms with E-state index in [2.05, 4.69) is 5.32 Å². The molecule has 1 amide bonds. The minimum absolute atomic E-state index is 0.0933. The monoisotopic (exact) mass is 273 g/mol. The maximum Gasteiger partial charge on any atom is 0.407 e. The summed E-state index contributed by atoms with van der Waals surface area (Å²) in [4.78, 5) is 22.6. The van der Waals surface area contributed by atoms with Crippen LogP contribution in [0.3, 0.4) is 0 Å². The number of amides is 1. The predicted molar refractivity (Wildman–Crippen MR) is 69.0 cm³/mol. The predicted octanol–water partition coefficient (Wildman–Crippen LogP) is 1.78. The van der Waals surface area contributed by atoms with E-state index in [9.17, 15) is 9.59 Å². The van der Waals surface area contributed by atoms with Crippen LogP contribution < -0.4 is 5.32 Å². The van der Waals surface area contributed by atoms with Gasteiger partial charge in [0.2, 0.25) is 0 Å². The van der Waals surface area contributed by atoms with Crippen molar-refractivity contribution in [2.75, 3.05) is 13.2 Å². The van der Waals surface area contributed by atoms with Crippen molar-refractivity contribution in [2.45, 2.75) is 51.7 Å². The first-order valence-electron chi connectivity index (χ1n) is 6.57. The fraction of sp³-hybridized carbons (Fsp3) is 0.846. The Morgan fingerprint density at radius 2 is 1.95 bits per heavy atom. The molecule has 0 unspecified atom stereocenters. The van der Waals surface area contributed by atoms with Crippen LogP contribution in [0.1, 0.15) is 40.0 Å². The molecule has 0 radical (unpaired) electrons. The summed E-state index contributed by atoms with van der Waals surface area (Å²) in [6, 6.07) is -0.406. The lowest BCUT2D eigenvalue weighted by Crippen LogP contribution is -2.45. The van der Waals surface area contributed by atoms with Crippen molar-refractivity contribution in [2.24, 2.45) is 5.92 Å². The summed E-state index contributed by atoms with van der Waals surface area (Å²) in [6.45, 7) is 6.53. The Balaban J connectivity index is 2.58. The second-order valence-electron chi connectivity index (χ2n) is 5.80. The van der Waals surface area contributed by atoms with Crippen LogP contribution in [0.15, 0.2) is 0 Å². The van der Waals surface area contributed by atoms with Gasteiger partial charge in [-0.3, -0.25) is 4.79 Å². The number of carbonyl (C=O) groups is 2. The number of carboxylic acids is 1. The van der Waals surface area contributed by atoms with E-state index < -0.39 is 23.7 Å². The third-order valence-electron chi connectivity index (χ3n) is 2.93. The minimum Gasteiger partial charge on any atom is -0.481 e. The van der Waals surface area contributed by atoms with Crippen molar-refractivity contribution in [3.63, 3.8) is 0 Å². The molecular formula is C13H23NO5. The number of nitrogens with one attached hydrogen (secondary N) is 1. The van der Waals surface area contributed by atoms with Crippen LogP contribution in [0.5, 0.6) is 0 Å². The number of carboxylic acid groups (broad SMARTS) is 1. The van der Waals surface area contributed by atoms with Gasteiger partial charge in [-0.15, -0.1) is 0 Å². The van der Waals surface area contributed by atoms with Crippen LogP contribution in [0.4, 0.5) is 4.79 Å². The number of hydrogen-bond acceptors (Lipinski definition) is 4. The van der Waals surface area contributed by atoms with Gasteiger partial charge in [0.25, 0.3) is 0 Å². The lowest BCUT2D eigenvalue weighted by atomic mass is 9.90. The van der Waals surface area contributed by atoms with Crippen LogP contribution >= 0.6 is 0 Å². The molecule has 0 aromatic heterocycles. The average molecular weight is 273 g/mol. The summed E-state index contributed by atoms with van der Waals surface area (Å²) >= 11 is 0. The SMILES string of the molecule is CC(C)(C)OC(=O)N[C@H](CC(=O)O)C1CCOCC1. The molecule has 0 saturated carbocycles. The van der Waals surface area contributed by atoms with Crippen LogP contribution in [-0.2, 0) is 14.3 Å². The summed E-state index contributed by atoms with van der Waals surface area (Å²) in [6.07, 6.45) is 0.857. The topological polar surface area (TPSA) is 84.9 Å². The van der Waals surface area contributed by atoms with E-state index in [1.807, 2.05) is 0 Å². The Labute approximate surface area is 113 Å². The molecule has 19 heavy (non-hydrogen) atoms. The van der Waals surface area contributed by atoms with Gasteiger partial charge in [-0.1, -0.05) is 0 Å². The van der Waals surface area contributed by atoms with E-state index in [0.717, 1.165) is 12.8 Å². The van der Waals surface area contributed by atoms with Crippen molar-refractivity contribution in [1.82, 2.24) is 5.32 Å². The number of ether oxygens (including phenoxy) is 2. The largest absolute Gasteiger partial charge is 0.481 e. The highest BCUT2D eigenvalue weighted by atomic mass is 16.6. The standard InChI is InChI=1S/C13H23NO5/c1-13(2,3)19-12(17)14-10(8-11(15)16)9-4-6-18-7-5-9/h9-10H,4-8H2,1-3H3,(H,14,17)(H,15,16)/t10-/m1/s1. The van der Waals surface area contributed by atoms with Crippen molar-refractivity contribution < 1.29 is 24.2 Å². The Hall–Kier alpha value is -1.30. The molecule has 1 atom stereocenters. The van der Waals surface area contributed by atoms with Gasteiger partial charge < -0.3 is 19.9 Å². The van der Waals surface area contributed by atoms with E-state index in [1.165, 1.54) is 0 Å². The molecule has 0 aromatic rings. The van der Waals surface area contributed by atoms with Gasteiger partial charge in [0.15, 0.2) is 0 Å². The van der Waals surface area contributed by atoms with E-state index in [-0.39, 0.29) is 12.3 Å². The van der Waals surface area contributed by atoms with E-state index in [1.54, 1.807) is 20.8 Å². The van der Waals surface area contributed by atoms with Gasteiger partial charge >= 0.3 is 12.1 Å². The number of carbonyl (C=O) groups excluding carboxylic acids is 1. The molecule has 1 heterocycles. The molecular weight excluding hydrogens is 250 g/mol. The molecule has 110 valence electrons. The highest BCUT2D eigenvalue weighted by Crippen LogP contribution is 2.21. The number of rotatable bonds is 4. The van der Waals surface area contributed by atoms with Gasteiger partial charge in [-0.25, -0.2) is 4.79 Å². The van der Waals surface area contributed by atoms with E-state index >= 15 is 0 Å². The lowest BCUT2D eigenvalue weighted by molar-refractivity contribution is -0.138. The zero-order chi connectivity index (χ0) is 14.5. The first-order valence-corrected chi connectivity index (χ1v) is 6.57. The highest BCUT2D eigenvalue weighted by molar-refractivity contribution is 5.71. The molecule has 6 nitrogen and oxygen atoms in total. The van der Waals surface area contributed by atoms with Crippen molar-refractivity contribution in [3.05, 3.63) is 0 Å². The summed E-state index contributed by atoms with van der Waals surface area (Å²) in [5, 5.41) is 11.6. The van der Waals surface area contributed by atoms with E-state index in [0.29, 0.717) is 13.2 Å². The Morgan fingerprint density at radius 1 is 1.37 bits per heavy atom. The lowest BCUT2D eigenvalue weighted by Gasteiger charge is -2.30. The molecule has 2 N–H and O–H groups in total. The second-order valence-corrected chi connectivity index (χ2v) is 5.80. The van der Waals surface area contributed by atoms with Crippen LogP contribution in [0.2, 0.25) is 0 Å². The van der Waals surface area contributed by atoms with Crippen molar-refractivity contribution in [3.8, 4) is 0 Å². The quantitative estimate of drug-likeness (QED) is 0.815. The van der Waals surface area contributed by atoms with Crippen LogP contribution in [-0.4, -0.2) is 42.0 Å². The molecule has 6 heteroatoms. The molecule has 1 rings (SSSR count). The fourth-order valence-electron chi connectivity index (χ4n) is 2.10. The molecule has 1 saturated heterocycles. The summed E-state index contributed by atoms with van der Waals surface area (Å²) in [5.41, 5.74) is -0.590. The molecule has 0 bridgehead atoms. The van der Waals surface area contributed by atoms with E-state index in [4.69, 9.17) is 14.6 Å². The fourth-order valence-corrected chi connectivity index (χ4v) is 2.10. The van der Waals surface area contributed by atoms with Crippen molar-refractivity contribution >= 4 is 12.1 Å². The van der Waals surface area contributed by atoms with Gasteiger partial charge in [-0.05, 0) is 39.5 Å². The zero-order valence-electron chi connectivity index (χ0n) is 11.8. The molecule has 0 spiro atoms. The number of aliphatic carboxylic acids is 1. The van der Waals surface area contributed by atoms with Crippen LogP contribution in [0.25, 0.3) is 0 Å². The average Bonchev–Trinajstić information content (AvgIpc) is 2.26. The van der Waals surface area contributed by atoms with Crippen LogP contribution in [0, 0.1) is 5.92 Å². The Kier molecular flexibility index (Phi) is 5.60. The Bertz CT molecular complexity index is 317. The van der Waals surface area contributed by atoms with Gasteiger partial charge in [0, 0.05) is 19.3 Å². The molecule has 0 aliphatic carbocycles. The maximum atomic E-state index is 11.7. The minimum atomic E-state index is -0.924. The summed E-state index contributed by atoms with van der Waals surface area (Å²) in [7, 11) is 0. The van der Waals surface area contributed by atoms with Crippen molar-refractivity contribution in [1.29, 1.82) is 0 Å². The first kappa shape index (κ1) is 15.8. The zero-order valence-corrected chi connectivity index (χ0v) is 11.8. The molecule has 0 aromatic carbocycles. The molecule has 1 aliphatic heterocycles. The maximum absolute atomic E-state index is 11.7. The Morgan fingerprint density at radius 3 is 2.42 bits per heavy atom. The van der Waals surface area contributed by atoms with Gasteiger partial charge in [0.1, 0.15) is 5.60 Å². The smallest absolute Gasteiger partial charge is 0.407 e. The normalized spacial score (nSPS) is 18.7. The van der Waals surface area contributed by atoms with Gasteiger partial charge in [0.05, 0.1) is 6.42 Å². The number of hydrogen-bond donors (Lipinski definition) is 2. The highest BCUT2D eigenvalue weighted by Gasteiger charge is 2.29. The third kappa shape index (κ3) is 6.42. The summed E-state index contributed by atoms with van der Waals surface area (Å²) < 4.78 is 10.4. The van der Waals surface area contributed by atoms with Gasteiger partial charge in [-0.2, -0.15) is 0 Å². The first-order chi connectivity index (χ1) is 8.78. The third-order valence-corrected chi connectivity index (χ3v) is 2.93. The summed E-state index contributed by atoms with van der Waals surface area (Å²) in [5.74, 6) is -0.801.